The first kappa shape index (κ1) is 9.00. The topological polar surface area (TPSA) is 40.5 Å². The number of hydrogen-bond donors (Lipinski definition) is 1. The second-order valence-corrected chi connectivity index (χ2v) is 4.13. The highest BCUT2D eigenvalue weighted by Gasteiger charge is 2.35. The SMILES string of the molecule is O=C1CCCN1C1CCCC1CO. The molecular weight excluding hydrogens is 166 g/mol. The van der Waals surface area contributed by atoms with E-state index in [0.717, 1.165) is 25.8 Å². The Hall–Kier alpha value is -0.570. The van der Waals surface area contributed by atoms with Crippen LogP contribution in [0, 0.1) is 5.92 Å². The molecule has 1 saturated heterocycles. The Labute approximate surface area is 78.7 Å². The summed E-state index contributed by atoms with van der Waals surface area (Å²) in [6.07, 6.45) is 5.07. The van der Waals surface area contributed by atoms with Crippen molar-refractivity contribution in [2.24, 2.45) is 5.92 Å². The molecule has 1 aliphatic carbocycles. The van der Waals surface area contributed by atoms with E-state index in [1.807, 2.05) is 4.90 Å². The summed E-state index contributed by atoms with van der Waals surface area (Å²) in [4.78, 5) is 13.5. The molecule has 0 radical (unpaired) electrons. The van der Waals surface area contributed by atoms with Crippen LogP contribution in [0.1, 0.15) is 32.1 Å². The number of aliphatic hydroxyl groups excluding tert-OH is 1. The van der Waals surface area contributed by atoms with Gasteiger partial charge in [-0.3, -0.25) is 4.79 Å². The summed E-state index contributed by atoms with van der Waals surface area (Å²) < 4.78 is 0. The van der Waals surface area contributed by atoms with Crippen molar-refractivity contribution in [1.29, 1.82) is 0 Å². The molecule has 1 saturated carbocycles. The molecule has 74 valence electrons. The number of aliphatic hydroxyl groups is 1. The van der Waals surface area contributed by atoms with Crippen molar-refractivity contribution in [3.8, 4) is 0 Å². The Kier molecular flexibility index (Phi) is 2.54. The standard InChI is InChI=1S/C10H17NO2/c12-7-8-3-1-4-9(8)11-6-2-5-10(11)13/h8-9,12H,1-7H2. The molecule has 2 rings (SSSR count). The number of nitrogens with zero attached hydrogens (tertiary/aromatic N) is 1. The molecule has 3 nitrogen and oxygen atoms in total. The molecule has 3 heteroatoms. The zero-order valence-electron chi connectivity index (χ0n) is 7.91. The number of carbonyl (C=O) groups is 1. The maximum atomic E-state index is 11.5. The monoisotopic (exact) mass is 183 g/mol. The predicted molar refractivity (Wildman–Crippen MR) is 49.2 cm³/mol. The maximum Gasteiger partial charge on any atom is 0.222 e. The van der Waals surface area contributed by atoms with E-state index in [-0.39, 0.29) is 6.61 Å². The summed E-state index contributed by atoms with van der Waals surface area (Å²) >= 11 is 0. The van der Waals surface area contributed by atoms with Crippen LogP contribution in [-0.4, -0.2) is 35.1 Å². The summed E-state index contributed by atoms with van der Waals surface area (Å²) in [5, 5.41) is 9.15. The van der Waals surface area contributed by atoms with Gasteiger partial charge in [-0.05, 0) is 19.3 Å². The Morgan fingerprint density at radius 1 is 1.38 bits per heavy atom. The lowest BCUT2D eigenvalue weighted by molar-refractivity contribution is -0.130. The van der Waals surface area contributed by atoms with E-state index in [2.05, 4.69) is 0 Å². The van der Waals surface area contributed by atoms with Gasteiger partial charge in [0.15, 0.2) is 0 Å². The second kappa shape index (κ2) is 3.66. The number of amides is 1. The molecule has 0 aromatic carbocycles. The molecule has 1 heterocycles. The highest BCUT2D eigenvalue weighted by atomic mass is 16.3. The summed E-state index contributed by atoms with van der Waals surface area (Å²) in [7, 11) is 0. The van der Waals surface area contributed by atoms with Gasteiger partial charge in [-0.1, -0.05) is 6.42 Å². The summed E-state index contributed by atoms with van der Waals surface area (Å²) in [6.45, 7) is 1.16. The van der Waals surface area contributed by atoms with Gasteiger partial charge in [-0.15, -0.1) is 0 Å². The fraction of sp³-hybridized carbons (Fsp3) is 0.900. The first-order valence-corrected chi connectivity index (χ1v) is 5.23. The average molecular weight is 183 g/mol. The van der Waals surface area contributed by atoms with Crippen molar-refractivity contribution in [2.45, 2.75) is 38.1 Å². The summed E-state index contributed by atoms with van der Waals surface area (Å²) in [5.41, 5.74) is 0. The van der Waals surface area contributed by atoms with Gasteiger partial charge in [0, 0.05) is 31.5 Å². The molecule has 0 bridgehead atoms. The average Bonchev–Trinajstić information content (AvgIpc) is 2.71. The zero-order chi connectivity index (χ0) is 9.26. The Morgan fingerprint density at radius 3 is 2.85 bits per heavy atom. The second-order valence-electron chi connectivity index (χ2n) is 4.13. The van der Waals surface area contributed by atoms with Crippen LogP contribution in [0.25, 0.3) is 0 Å². The van der Waals surface area contributed by atoms with Gasteiger partial charge < -0.3 is 10.0 Å². The molecule has 1 aliphatic heterocycles. The van der Waals surface area contributed by atoms with Crippen LogP contribution in [0.4, 0.5) is 0 Å². The van der Waals surface area contributed by atoms with Gasteiger partial charge in [0.1, 0.15) is 0 Å². The Morgan fingerprint density at radius 2 is 2.23 bits per heavy atom. The largest absolute Gasteiger partial charge is 0.396 e. The molecular formula is C10H17NO2. The van der Waals surface area contributed by atoms with Crippen LogP contribution in [0.3, 0.4) is 0 Å². The minimum absolute atomic E-state index is 0.244. The van der Waals surface area contributed by atoms with Crippen molar-refractivity contribution in [2.75, 3.05) is 13.2 Å². The van der Waals surface area contributed by atoms with Crippen molar-refractivity contribution >= 4 is 5.91 Å². The molecule has 0 spiro atoms. The van der Waals surface area contributed by atoms with Crippen LogP contribution < -0.4 is 0 Å². The van der Waals surface area contributed by atoms with Crippen molar-refractivity contribution in [3.63, 3.8) is 0 Å². The van der Waals surface area contributed by atoms with Crippen LogP contribution in [0.5, 0.6) is 0 Å². The van der Waals surface area contributed by atoms with Gasteiger partial charge in [0.05, 0.1) is 0 Å². The van der Waals surface area contributed by atoms with Crippen molar-refractivity contribution < 1.29 is 9.90 Å². The lowest BCUT2D eigenvalue weighted by Gasteiger charge is -2.28. The molecule has 13 heavy (non-hydrogen) atoms. The molecule has 2 aliphatic rings. The summed E-state index contributed by atoms with van der Waals surface area (Å²) in [5.74, 6) is 0.646. The van der Waals surface area contributed by atoms with Gasteiger partial charge in [-0.2, -0.15) is 0 Å². The van der Waals surface area contributed by atoms with E-state index in [4.69, 9.17) is 5.11 Å². The summed E-state index contributed by atoms with van der Waals surface area (Å²) in [6, 6.07) is 0.347. The third kappa shape index (κ3) is 1.57. The third-order valence-corrected chi connectivity index (χ3v) is 3.36. The molecule has 1 amide bonds. The Balaban J connectivity index is 2.02. The fourth-order valence-corrected chi connectivity index (χ4v) is 2.66. The maximum absolute atomic E-state index is 11.5. The van der Waals surface area contributed by atoms with Crippen molar-refractivity contribution in [1.82, 2.24) is 4.90 Å². The lowest BCUT2D eigenvalue weighted by Crippen LogP contribution is -2.39. The highest BCUT2D eigenvalue weighted by molar-refractivity contribution is 5.78. The Bertz CT molecular complexity index is 205. The van der Waals surface area contributed by atoms with Crippen LogP contribution >= 0.6 is 0 Å². The van der Waals surface area contributed by atoms with Crippen LogP contribution in [-0.2, 0) is 4.79 Å². The fourth-order valence-electron chi connectivity index (χ4n) is 2.66. The first-order chi connectivity index (χ1) is 6.33. The number of hydrogen-bond acceptors (Lipinski definition) is 2. The van der Waals surface area contributed by atoms with Gasteiger partial charge in [0.25, 0.3) is 0 Å². The molecule has 0 aromatic heterocycles. The van der Waals surface area contributed by atoms with Gasteiger partial charge >= 0.3 is 0 Å². The van der Waals surface area contributed by atoms with E-state index in [0.29, 0.717) is 24.3 Å². The number of likely N-dealkylation sites (tertiary alicyclic amines) is 1. The van der Waals surface area contributed by atoms with Gasteiger partial charge in [-0.25, -0.2) is 0 Å². The van der Waals surface area contributed by atoms with E-state index < -0.39 is 0 Å². The minimum atomic E-state index is 0.244. The van der Waals surface area contributed by atoms with E-state index in [1.54, 1.807) is 0 Å². The number of rotatable bonds is 2. The number of carbonyl (C=O) groups excluding carboxylic acids is 1. The molecule has 1 N–H and O–H groups in total. The lowest BCUT2D eigenvalue weighted by atomic mass is 10.0. The van der Waals surface area contributed by atoms with E-state index >= 15 is 0 Å². The van der Waals surface area contributed by atoms with E-state index in [1.165, 1.54) is 6.42 Å². The highest BCUT2D eigenvalue weighted by Crippen LogP contribution is 2.31. The molecule has 2 unspecified atom stereocenters. The normalized spacial score (nSPS) is 34.5. The molecule has 2 atom stereocenters. The first-order valence-electron chi connectivity index (χ1n) is 5.23. The van der Waals surface area contributed by atoms with Crippen LogP contribution in [0.15, 0.2) is 0 Å². The molecule has 2 fully saturated rings. The predicted octanol–water partition coefficient (Wildman–Crippen LogP) is 0.770. The molecule has 0 aromatic rings. The van der Waals surface area contributed by atoms with E-state index in [9.17, 15) is 4.79 Å². The minimum Gasteiger partial charge on any atom is -0.396 e. The van der Waals surface area contributed by atoms with Crippen LogP contribution in [0.2, 0.25) is 0 Å². The van der Waals surface area contributed by atoms with Crippen molar-refractivity contribution in [3.05, 3.63) is 0 Å². The van der Waals surface area contributed by atoms with Gasteiger partial charge in [0.2, 0.25) is 5.91 Å². The third-order valence-electron chi connectivity index (χ3n) is 3.36. The quantitative estimate of drug-likeness (QED) is 0.687. The zero-order valence-corrected chi connectivity index (χ0v) is 7.91. The smallest absolute Gasteiger partial charge is 0.222 e.